The van der Waals surface area contributed by atoms with Gasteiger partial charge in [-0.3, -0.25) is 23.9 Å². The first-order valence-electron chi connectivity index (χ1n) is 15.5. The van der Waals surface area contributed by atoms with Crippen LogP contribution in [0.25, 0.3) is 16.6 Å². The van der Waals surface area contributed by atoms with E-state index in [0.717, 1.165) is 0 Å². The summed E-state index contributed by atoms with van der Waals surface area (Å²) >= 11 is 0. The molecule has 13 heteroatoms. The minimum atomic E-state index is -1.36. The van der Waals surface area contributed by atoms with Crippen LogP contribution in [0.2, 0.25) is 0 Å². The first kappa shape index (κ1) is 33.2. The zero-order valence-corrected chi connectivity index (χ0v) is 26.9. The van der Waals surface area contributed by atoms with Crippen molar-refractivity contribution in [2.24, 2.45) is 0 Å². The van der Waals surface area contributed by atoms with Crippen molar-refractivity contribution < 1.29 is 38.4 Å². The molecule has 1 aliphatic carbocycles. The van der Waals surface area contributed by atoms with Crippen molar-refractivity contribution in [3.05, 3.63) is 106 Å². The van der Waals surface area contributed by atoms with Crippen LogP contribution in [0.5, 0.6) is 23.0 Å². The van der Waals surface area contributed by atoms with Crippen LogP contribution >= 0.6 is 0 Å². The summed E-state index contributed by atoms with van der Waals surface area (Å²) in [5.41, 5.74) is -0.895. The van der Waals surface area contributed by atoms with Gasteiger partial charge in [-0.15, -0.1) is 0 Å². The quantitative estimate of drug-likeness (QED) is 0.185. The number of amides is 1. The third-order valence-corrected chi connectivity index (χ3v) is 8.14. The summed E-state index contributed by atoms with van der Waals surface area (Å²) in [5.74, 6) is -0.00615. The lowest BCUT2D eigenvalue weighted by atomic mass is 9.92. The van der Waals surface area contributed by atoms with Crippen LogP contribution in [-0.2, 0) is 6.42 Å². The molecule has 3 heterocycles. The molecule has 2 aromatic carbocycles. The van der Waals surface area contributed by atoms with Crippen LogP contribution in [-0.4, -0.2) is 61.9 Å². The average molecular weight is 669 g/mol. The van der Waals surface area contributed by atoms with E-state index in [2.05, 4.69) is 15.3 Å². The van der Waals surface area contributed by atoms with Crippen LogP contribution in [0, 0.1) is 5.82 Å². The molecule has 0 saturated carbocycles. The van der Waals surface area contributed by atoms with Crippen LogP contribution in [0.15, 0.2) is 77.9 Å². The van der Waals surface area contributed by atoms with Crippen LogP contribution < -0.4 is 25.1 Å². The third kappa shape index (κ3) is 6.98. The average Bonchev–Trinajstić information content (AvgIpc) is 3.07. The summed E-state index contributed by atoms with van der Waals surface area (Å²) in [4.78, 5) is 48.5. The molecular weight excluding hydrogens is 635 g/mol. The molecule has 1 amide bonds. The minimum absolute atomic E-state index is 0.120. The van der Waals surface area contributed by atoms with E-state index < -0.39 is 29.0 Å². The van der Waals surface area contributed by atoms with Crippen LogP contribution in [0.4, 0.5) is 10.2 Å². The fourth-order valence-electron chi connectivity index (χ4n) is 5.43. The third-order valence-electron chi connectivity index (χ3n) is 8.14. The Morgan fingerprint density at radius 2 is 1.86 bits per heavy atom. The summed E-state index contributed by atoms with van der Waals surface area (Å²) in [6.45, 7) is 2.78. The second-order valence-electron chi connectivity index (χ2n) is 12.1. The van der Waals surface area contributed by atoms with E-state index in [1.54, 1.807) is 36.5 Å². The lowest BCUT2D eigenvalue weighted by Gasteiger charge is -2.24. The maximum absolute atomic E-state index is 14.1. The first-order valence-corrected chi connectivity index (χ1v) is 15.5. The van der Waals surface area contributed by atoms with Gasteiger partial charge in [-0.25, -0.2) is 9.37 Å². The zero-order chi connectivity index (χ0) is 34.9. The number of methoxy groups -OCH3 is 1. The highest BCUT2D eigenvalue weighted by molar-refractivity contribution is 6.06. The molecule has 0 fully saturated rings. The van der Waals surface area contributed by atoms with Gasteiger partial charge in [0.2, 0.25) is 0 Å². The van der Waals surface area contributed by atoms with Gasteiger partial charge in [0, 0.05) is 35.3 Å². The number of fused-ring (bicyclic) bond motifs is 2. The number of aliphatic hydroxyl groups is 2. The molecule has 1 aliphatic rings. The molecular formula is C36H33FN4O8. The van der Waals surface area contributed by atoms with E-state index in [4.69, 9.17) is 14.2 Å². The Bertz CT molecular complexity index is 2130. The van der Waals surface area contributed by atoms with E-state index in [1.807, 2.05) is 0 Å². The van der Waals surface area contributed by atoms with Crippen molar-refractivity contribution >= 4 is 28.4 Å². The van der Waals surface area contributed by atoms with Crippen molar-refractivity contribution in [3.63, 3.8) is 0 Å². The Morgan fingerprint density at radius 3 is 2.57 bits per heavy atom. The van der Waals surface area contributed by atoms with Gasteiger partial charge in [0.15, 0.2) is 17.3 Å². The number of carbonyl (C=O) groups excluding carboxylic acids is 2. The number of benzene rings is 2. The summed E-state index contributed by atoms with van der Waals surface area (Å²) < 4.78 is 32.6. The molecule has 0 unspecified atom stereocenters. The van der Waals surface area contributed by atoms with Crippen molar-refractivity contribution in [1.29, 1.82) is 0 Å². The van der Waals surface area contributed by atoms with Gasteiger partial charge in [0.25, 0.3) is 11.5 Å². The molecule has 0 radical (unpaired) electrons. The molecule has 6 rings (SSSR count). The number of anilines is 1. The Labute approximate surface area is 279 Å². The summed E-state index contributed by atoms with van der Waals surface area (Å²) in [5, 5.41) is 23.4. The molecule has 0 spiro atoms. The van der Waals surface area contributed by atoms with E-state index in [-0.39, 0.29) is 41.4 Å². The standard InChI is InChI=1S/C36H33FN4O8/c1-36(2,46)32(43)19-48-31-17-26-23(16-30(31)47-3)29(12-13-38-26)49-22-10-11-33(39-18-22)40-34(44)25-15-24-27(8-5-9-28(24)42)41(35(25)45)21-7-4-6-20(37)14-21/h4,6-7,10-18,32,43,46H,5,8-9,19H2,1-3H3,(H,39,40,44)/t32-/m0/s1. The first-order chi connectivity index (χ1) is 23.4. The van der Waals surface area contributed by atoms with Crippen molar-refractivity contribution in [2.75, 3.05) is 19.0 Å². The molecule has 5 aromatic rings. The van der Waals surface area contributed by atoms with Crippen LogP contribution in [0.3, 0.4) is 0 Å². The lowest BCUT2D eigenvalue weighted by molar-refractivity contribution is -0.0663. The number of pyridine rings is 3. The molecule has 3 aromatic heterocycles. The molecule has 49 heavy (non-hydrogen) atoms. The zero-order valence-electron chi connectivity index (χ0n) is 26.9. The highest BCUT2D eigenvalue weighted by Crippen LogP contribution is 2.37. The van der Waals surface area contributed by atoms with Gasteiger partial charge in [-0.2, -0.15) is 0 Å². The second-order valence-corrected chi connectivity index (χ2v) is 12.1. The topological polar surface area (TPSA) is 162 Å². The number of halogens is 1. The van der Waals surface area contributed by atoms with E-state index in [9.17, 15) is 29.0 Å². The van der Waals surface area contributed by atoms with E-state index in [1.165, 1.54) is 62.1 Å². The van der Waals surface area contributed by atoms with Gasteiger partial charge in [0.1, 0.15) is 41.4 Å². The molecule has 12 nitrogen and oxygen atoms in total. The number of nitrogens with zero attached hydrogens (tertiary/aromatic N) is 3. The predicted octanol–water partition coefficient (Wildman–Crippen LogP) is 5.00. The maximum atomic E-state index is 14.1. The largest absolute Gasteiger partial charge is 0.493 e. The lowest BCUT2D eigenvalue weighted by Crippen LogP contribution is -2.40. The highest BCUT2D eigenvalue weighted by atomic mass is 19.1. The molecule has 1 atom stereocenters. The van der Waals surface area contributed by atoms with Crippen molar-refractivity contribution in [1.82, 2.24) is 14.5 Å². The van der Waals surface area contributed by atoms with Crippen molar-refractivity contribution in [2.45, 2.75) is 44.8 Å². The van der Waals surface area contributed by atoms with Gasteiger partial charge >= 0.3 is 0 Å². The molecule has 3 N–H and O–H groups in total. The Morgan fingerprint density at radius 1 is 1.04 bits per heavy atom. The number of nitrogens with one attached hydrogen (secondary N) is 1. The fraction of sp³-hybridized carbons (Fsp3) is 0.250. The predicted molar refractivity (Wildman–Crippen MR) is 178 cm³/mol. The molecule has 0 saturated heterocycles. The number of hydrogen-bond donors (Lipinski definition) is 3. The second kappa shape index (κ2) is 13.5. The smallest absolute Gasteiger partial charge is 0.268 e. The fourth-order valence-corrected chi connectivity index (χ4v) is 5.43. The van der Waals surface area contributed by atoms with Gasteiger partial charge in [-0.1, -0.05) is 6.07 Å². The van der Waals surface area contributed by atoms with Gasteiger partial charge in [0.05, 0.1) is 30.1 Å². The number of ether oxygens (including phenoxy) is 3. The molecule has 0 bridgehead atoms. The van der Waals surface area contributed by atoms with E-state index in [0.29, 0.717) is 52.4 Å². The number of carbonyl (C=O) groups is 2. The maximum Gasteiger partial charge on any atom is 0.268 e. The number of hydrogen-bond acceptors (Lipinski definition) is 10. The summed E-state index contributed by atoms with van der Waals surface area (Å²) in [7, 11) is 1.47. The summed E-state index contributed by atoms with van der Waals surface area (Å²) in [6, 6.07) is 14.8. The number of Topliss-reactive ketones (excluding diaryl/α,β-unsaturated/α-hetero) is 1. The Balaban J connectivity index is 1.23. The number of aliphatic hydroxyl groups excluding tert-OH is 1. The minimum Gasteiger partial charge on any atom is -0.493 e. The molecule has 0 aliphatic heterocycles. The number of aromatic nitrogens is 3. The normalized spacial score (nSPS) is 13.5. The highest BCUT2D eigenvalue weighted by Gasteiger charge is 2.27. The number of rotatable bonds is 10. The summed E-state index contributed by atoms with van der Waals surface area (Å²) in [6.07, 6.45) is 3.03. The van der Waals surface area contributed by atoms with Crippen molar-refractivity contribution in [3.8, 4) is 28.7 Å². The number of ketones is 1. The SMILES string of the molecule is COc1cc2c(Oc3ccc(NC(=O)c4cc5c(n(-c6cccc(F)c6)c4=O)CCCC5=O)nc3)ccnc2cc1OC[C@H](O)C(C)(C)O. The van der Waals surface area contributed by atoms with E-state index >= 15 is 0 Å². The molecule has 252 valence electrons. The van der Waals surface area contributed by atoms with Gasteiger partial charge in [-0.05, 0) is 75.2 Å². The Hall–Kier alpha value is -5.66. The van der Waals surface area contributed by atoms with Gasteiger partial charge < -0.3 is 29.7 Å². The monoisotopic (exact) mass is 668 g/mol. The van der Waals surface area contributed by atoms with Crippen LogP contribution in [0.1, 0.15) is 53.1 Å². The Kier molecular flexibility index (Phi) is 9.13.